The topological polar surface area (TPSA) is 63.1 Å². The van der Waals surface area contributed by atoms with Crippen LogP contribution in [0.3, 0.4) is 0 Å². The van der Waals surface area contributed by atoms with E-state index in [-0.39, 0.29) is 11.2 Å². The Bertz CT molecular complexity index is 852. The number of hydrogen-bond acceptors (Lipinski definition) is 5. The first kappa shape index (κ1) is 18.1. The Morgan fingerprint density at radius 3 is 2.70 bits per heavy atom. The first-order chi connectivity index (χ1) is 13.0. The number of allylic oxidation sites excluding steroid dienone is 1. The van der Waals surface area contributed by atoms with Crippen molar-refractivity contribution in [3.05, 3.63) is 58.6 Å². The lowest BCUT2D eigenvalue weighted by molar-refractivity contribution is -0.120. The number of ether oxygens (including phenoxy) is 1. The quantitative estimate of drug-likeness (QED) is 0.834. The zero-order valence-electron chi connectivity index (χ0n) is 16.3. The van der Waals surface area contributed by atoms with Crippen LogP contribution in [-0.2, 0) is 16.1 Å². The summed E-state index contributed by atoms with van der Waals surface area (Å²) in [7, 11) is 0. The fourth-order valence-electron chi connectivity index (χ4n) is 4.64. The van der Waals surface area contributed by atoms with Crippen molar-refractivity contribution in [3.63, 3.8) is 0 Å². The van der Waals surface area contributed by atoms with Gasteiger partial charge in [0.05, 0.1) is 25.2 Å². The fraction of sp³-hybridized carbons (Fsp3) is 0.500. The van der Waals surface area contributed by atoms with Gasteiger partial charge in [-0.3, -0.25) is 4.79 Å². The van der Waals surface area contributed by atoms with Crippen LogP contribution in [0.15, 0.2) is 63.2 Å². The van der Waals surface area contributed by atoms with Crippen LogP contribution < -0.4 is 5.32 Å². The van der Waals surface area contributed by atoms with Crippen LogP contribution in [-0.4, -0.2) is 18.9 Å². The van der Waals surface area contributed by atoms with Gasteiger partial charge in [0.2, 0.25) is 0 Å². The van der Waals surface area contributed by atoms with Gasteiger partial charge in [0, 0.05) is 23.3 Å². The summed E-state index contributed by atoms with van der Waals surface area (Å²) in [5.74, 6) is 1.06. The summed E-state index contributed by atoms with van der Waals surface area (Å²) < 4.78 is 6.18. The highest BCUT2D eigenvalue weighted by molar-refractivity contribution is 6.00. The SMILES string of the molecule is CCC1(COCc2ccccc2)C2=C(N=NC2)NC2=C1C(=O)CC(C)(C)C2. The van der Waals surface area contributed by atoms with E-state index < -0.39 is 5.41 Å². The molecule has 3 aliphatic rings. The lowest BCUT2D eigenvalue weighted by Crippen LogP contribution is -2.46. The number of nitrogens with zero attached hydrogens (tertiary/aromatic N) is 2. The molecular weight excluding hydrogens is 338 g/mol. The predicted octanol–water partition coefficient (Wildman–Crippen LogP) is 4.52. The van der Waals surface area contributed by atoms with Gasteiger partial charge in [-0.05, 0) is 23.8 Å². The highest BCUT2D eigenvalue weighted by atomic mass is 16.5. The van der Waals surface area contributed by atoms with Crippen LogP contribution in [0.25, 0.3) is 0 Å². The average Bonchev–Trinajstić information content (AvgIpc) is 3.09. The summed E-state index contributed by atoms with van der Waals surface area (Å²) in [6.07, 6.45) is 2.23. The molecule has 1 unspecified atom stereocenters. The maximum absolute atomic E-state index is 13.2. The van der Waals surface area contributed by atoms with E-state index >= 15 is 0 Å². The molecule has 0 bridgehead atoms. The van der Waals surface area contributed by atoms with Crippen LogP contribution in [0.4, 0.5) is 0 Å². The predicted molar refractivity (Wildman–Crippen MR) is 104 cm³/mol. The molecule has 0 spiro atoms. The number of hydrogen-bond donors (Lipinski definition) is 1. The number of carbonyl (C=O) groups is 1. The molecule has 27 heavy (non-hydrogen) atoms. The third kappa shape index (κ3) is 3.14. The lowest BCUT2D eigenvalue weighted by Gasteiger charge is -2.45. The van der Waals surface area contributed by atoms with Crippen molar-refractivity contribution in [2.45, 2.75) is 46.6 Å². The van der Waals surface area contributed by atoms with Crippen LogP contribution in [0, 0.1) is 10.8 Å². The molecule has 1 atom stereocenters. The summed E-state index contributed by atoms with van der Waals surface area (Å²) in [4.78, 5) is 13.2. The molecule has 4 rings (SSSR count). The summed E-state index contributed by atoms with van der Waals surface area (Å²) in [5.41, 5.74) is 3.69. The van der Waals surface area contributed by atoms with E-state index in [1.165, 1.54) is 0 Å². The summed E-state index contributed by atoms with van der Waals surface area (Å²) >= 11 is 0. The Morgan fingerprint density at radius 1 is 1.19 bits per heavy atom. The summed E-state index contributed by atoms with van der Waals surface area (Å²) in [6.45, 7) is 7.99. The zero-order valence-corrected chi connectivity index (χ0v) is 16.3. The largest absolute Gasteiger partial charge is 0.376 e. The summed E-state index contributed by atoms with van der Waals surface area (Å²) in [6, 6.07) is 10.2. The Hall–Kier alpha value is -2.27. The molecule has 0 aromatic heterocycles. The number of nitrogens with one attached hydrogen (secondary N) is 1. The minimum absolute atomic E-state index is 0.0406. The lowest BCUT2D eigenvalue weighted by atomic mass is 9.62. The molecule has 0 amide bonds. The first-order valence-corrected chi connectivity index (χ1v) is 9.72. The molecule has 1 aromatic carbocycles. The van der Waals surface area contributed by atoms with Crippen LogP contribution in [0.5, 0.6) is 0 Å². The molecule has 5 heteroatoms. The highest BCUT2D eigenvalue weighted by Gasteiger charge is 2.50. The van der Waals surface area contributed by atoms with Crippen molar-refractivity contribution in [3.8, 4) is 0 Å². The molecule has 5 nitrogen and oxygen atoms in total. The fourth-order valence-corrected chi connectivity index (χ4v) is 4.64. The highest BCUT2D eigenvalue weighted by Crippen LogP contribution is 2.52. The van der Waals surface area contributed by atoms with Gasteiger partial charge in [-0.1, -0.05) is 51.1 Å². The van der Waals surface area contributed by atoms with Crippen LogP contribution >= 0.6 is 0 Å². The second-order valence-electron chi connectivity index (χ2n) is 8.56. The van der Waals surface area contributed by atoms with E-state index in [1.54, 1.807) is 0 Å². The van der Waals surface area contributed by atoms with Crippen molar-refractivity contribution in [2.24, 2.45) is 21.1 Å². The average molecular weight is 365 g/mol. The van der Waals surface area contributed by atoms with E-state index in [4.69, 9.17) is 4.74 Å². The van der Waals surface area contributed by atoms with E-state index in [0.29, 0.717) is 26.2 Å². The van der Waals surface area contributed by atoms with Crippen molar-refractivity contribution in [2.75, 3.05) is 13.2 Å². The molecule has 1 aliphatic carbocycles. The normalized spacial score (nSPS) is 26.1. The number of azo groups is 1. The minimum Gasteiger partial charge on any atom is -0.376 e. The van der Waals surface area contributed by atoms with Gasteiger partial charge in [0.1, 0.15) is 0 Å². The number of dihydropyridines is 1. The number of rotatable bonds is 5. The Balaban J connectivity index is 1.67. The van der Waals surface area contributed by atoms with Gasteiger partial charge in [-0.25, -0.2) is 0 Å². The van der Waals surface area contributed by atoms with Crippen molar-refractivity contribution >= 4 is 5.78 Å². The Kier molecular flexibility index (Phi) is 4.50. The number of benzene rings is 1. The number of carbonyl (C=O) groups excluding carboxylic acids is 1. The first-order valence-electron chi connectivity index (χ1n) is 9.72. The molecule has 0 radical (unpaired) electrons. The van der Waals surface area contributed by atoms with Gasteiger partial charge in [-0.15, -0.1) is 5.11 Å². The van der Waals surface area contributed by atoms with Gasteiger partial charge in [-0.2, -0.15) is 5.11 Å². The van der Waals surface area contributed by atoms with Crippen molar-refractivity contribution in [1.82, 2.24) is 5.32 Å². The third-order valence-electron chi connectivity index (χ3n) is 5.95. The van der Waals surface area contributed by atoms with Gasteiger partial charge in [0.25, 0.3) is 0 Å². The molecule has 2 aliphatic heterocycles. The summed E-state index contributed by atoms with van der Waals surface area (Å²) in [5, 5.41) is 12.0. The molecule has 0 saturated heterocycles. The monoisotopic (exact) mass is 365 g/mol. The standard InChI is InChI=1S/C22H27N3O2/c1-4-22(14-27-13-15-8-6-5-7-9-15)16-12-23-25-20(16)24-17-10-21(2,3)11-18(26)19(17)22/h5-9,24H,4,10-14H2,1-3H3. The Labute approximate surface area is 160 Å². The zero-order chi connectivity index (χ0) is 19.1. The maximum atomic E-state index is 13.2. The third-order valence-corrected chi connectivity index (χ3v) is 5.95. The molecular formula is C22H27N3O2. The molecule has 1 aromatic rings. The number of ketones is 1. The number of Topliss-reactive ketones (excluding diaryl/α,β-unsaturated/α-hetero) is 1. The van der Waals surface area contributed by atoms with E-state index in [2.05, 4.69) is 48.4 Å². The van der Waals surface area contributed by atoms with E-state index in [9.17, 15) is 4.79 Å². The van der Waals surface area contributed by atoms with Crippen LogP contribution in [0.2, 0.25) is 0 Å². The molecule has 2 heterocycles. The van der Waals surface area contributed by atoms with Crippen LogP contribution in [0.1, 0.15) is 45.6 Å². The molecule has 0 fully saturated rings. The maximum Gasteiger partial charge on any atom is 0.162 e. The molecule has 142 valence electrons. The molecule has 0 saturated carbocycles. The van der Waals surface area contributed by atoms with Crippen molar-refractivity contribution in [1.29, 1.82) is 0 Å². The smallest absolute Gasteiger partial charge is 0.162 e. The Morgan fingerprint density at radius 2 is 1.96 bits per heavy atom. The van der Waals surface area contributed by atoms with Crippen molar-refractivity contribution < 1.29 is 9.53 Å². The van der Waals surface area contributed by atoms with E-state index in [0.717, 1.165) is 41.1 Å². The van der Waals surface area contributed by atoms with Gasteiger partial charge < -0.3 is 10.1 Å². The minimum atomic E-state index is -0.429. The van der Waals surface area contributed by atoms with E-state index in [1.807, 2.05) is 18.2 Å². The molecule has 1 N–H and O–H groups in total. The second kappa shape index (κ2) is 6.71. The van der Waals surface area contributed by atoms with Gasteiger partial charge in [0.15, 0.2) is 11.6 Å². The second-order valence-corrected chi connectivity index (χ2v) is 8.56. The van der Waals surface area contributed by atoms with Gasteiger partial charge >= 0.3 is 0 Å².